The molecular formula is C17H24N2O3S. The van der Waals surface area contributed by atoms with Gasteiger partial charge in [-0.25, -0.2) is 4.79 Å². The molecule has 0 unspecified atom stereocenters. The van der Waals surface area contributed by atoms with Gasteiger partial charge in [0.15, 0.2) is 0 Å². The Morgan fingerprint density at radius 2 is 1.83 bits per heavy atom. The minimum absolute atomic E-state index is 0.251. The Hall–Kier alpha value is -1.56. The SMILES string of the molecule is CCOC(=O)N1CCN(C(=O)C2(c3cccs3)CCCC2)CC1. The van der Waals surface area contributed by atoms with Gasteiger partial charge in [0.25, 0.3) is 0 Å². The van der Waals surface area contributed by atoms with E-state index in [2.05, 4.69) is 11.4 Å². The van der Waals surface area contributed by atoms with Crippen LogP contribution in [-0.2, 0) is 14.9 Å². The first-order valence-electron chi connectivity index (χ1n) is 8.42. The van der Waals surface area contributed by atoms with Crippen LogP contribution in [0.25, 0.3) is 0 Å². The largest absolute Gasteiger partial charge is 0.450 e. The molecule has 5 nitrogen and oxygen atoms in total. The summed E-state index contributed by atoms with van der Waals surface area (Å²) in [6.07, 6.45) is 3.86. The number of amides is 2. The number of thiophene rings is 1. The minimum atomic E-state index is -0.319. The van der Waals surface area contributed by atoms with Crippen molar-refractivity contribution in [2.75, 3.05) is 32.8 Å². The Morgan fingerprint density at radius 1 is 1.17 bits per heavy atom. The van der Waals surface area contributed by atoms with E-state index in [1.807, 2.05) is 17.9 Å². The van der Waals surface area contributed by atoms with Gasteiger partial charge in [-0.15, -0.1) is 11.3 Å². The van der Waals surface area contributed by atoms with Crippen molar-refractivity contribution in [2.45, 2.75) is 38.0 Å². The van der Waals surface area contributed by atoms with Gasteiger partial charge in [0.2, 0.25) is 5.91 Å². The third kappa shape index (κ3) is 3.09. The van der Waals surface area contributed by atoms with Crippen LogP contribution >= 0.6 is 11.3 Å². The van der Waals surface area contributed by atoms with Crippen molar-refractivity contribution in [3.05, 3.63) is 22.4 Å². The Bertz CT molecular complexity index is 544. The Kier molecular flexibility index (Phi) is 4.90. The number of carbonyl (C=O) groups excluding carboxylic acids is 2. The van der Waals surface area contributed by atoms with Gasteiger partial charge in [0.05, 0.1) is 12.0 Å². The highest BCUT2D eigenvalue weighted by molar-refractivity contribution is 7.10. The summed E-state index contributed by atoms with van der Waals surface area (Å²) in [6, 6.07) is 4.13. The van der Waals surface area contributed by atoms with E-state index in [4.69, 9.17) is 4.74 Å². The number of hydrogen-bond donors (Lipinski definition) is 0. The molecule has 1 saturated carbocycles. The van der Waals surface area contributed by atoms with Crippen molar-refractivity contribution in [2.24, 2.45) is 0 Å². The van der Waals surface area contributed by atoms with Gasteiger partial charge in [-0.05, 0) is 31.2 Å². The molecule has 0 atom stereocenters. The smallest absolute Gasteiger partial charge is 0.409 e. The van der Waals surface area contributed by atoms with Gasteiger partial charge in [-0.3, -0.25) is 4.79 Å². The van der Waals surface area contributed by atoms with Crippen molar-refractivity contribution in [1.29, 1.82) is 0 Å². The predicted octanol–water partition coefficient (Wildman–Crippen LogP) is 2.86. The van der Waals surface area contributed by atoms with E-state index in [1.165, 1.54) is 4.88 Å². The van der Waals surface area contributed by atoms with Gasteiger partial charge in [-0.1, -0.05) is 18.9 Å². The zero-order valence-electron chi connectivity index (χ0n) is 13.6. The second-order valence-electron chi connectivity index (χ2n) is 6.24. The lowest BCUT2D eigenvalue weighted by Crippen LogP contribution is -2.55. The van der Waals surface area contributed by atoms with Gasteiger partial charge in [0, 0.05) is 31.1 Å². The van der Waals surface area contributed by atoms with Crippen LogP contribution in [0.15, 0.2) is 17.5 Å². The van der Waals surface area contributed by atoms with Gasteiger partial charge in [-0.2, -0.15) is 0 Å². The first-order valence-corrected chi connectivity index (χ1v) is 9.30. The molecule has 1 aromatic rings. The van der Waals surface area contributed by atoms with Crippen molar-refractivity contribution < 1.29 is 14.3 Å². The van der Waals surface area contributed by atoms with Crippen LogP contribution < -0.4 is 0 Å². The van der Waals surface area contributed by atoms with Crippen LogP contribution in [0.1, 0.15) is 37.5 Å². The molecule has 2 aliphatic rings. The lowest BCUT2D eigenvalue weighted by molar-refractivity contribution is -0.138. The lowest BCUT2D eigenvalue weighted by atomic mass is 9.82. The molecule has 2 amide bonds. The molecule has 2 fully saturated rings. The third-order valence-corrected chi connectivity index (χ3v) is 6.03. The van der Waals surface area contributed by atoms with Crippen LogP contribution in [-0.4, -0.2) is 54.6 Å². The molecule has 2 heterocycles. The van der Waals surface area contributed by atoms with E-state index in [0.29, 0.717) is 32.8 Å². The van der Waals surface area contributed by atoms with E-state index >= 15 is 0 Å². The van der Waals surface area contributed by atoms with Crippen molar-refractivity contribution in [3.8, 4) is 0 Å². The second-order valence-corrected chi connectivity index (χ2v) is 7.19. The molecule has 0 radical (unpaired) electrons. The van der Waals surface area contributed by atoms with Gasteiger partial charge >= 0.3 is 6.09 Å². The fourth-order valence-electron chi connectivity index (χ4n) is 3.70. The fourth-order valence-corrected chi connectivity index (χ4v) is 4.68. The number of hydrogen-bond acceptors (Lipinski definition) is 4. The zero-order chi connectivity index (χ0) is 16.3. The molecule has 1 aliphatic carbocycles. The number of rotatable bonds is 3. The summed E-state index contributed by atoms with van der Waals surface area (Å²) >= 11 is 1.69. The van der Waals surface area contributed by atoms with E-state index < -0.39 is 0 Å². The van der Waals surface area contributed by atoms with Crippen molar-refractivity contribution in [1.82, 2.24) is 9.80 Å². The van der Waals surface area contributed by atoms with E-state index in [0.717, 1.165) is 25.7 Å². The third-order valence-electron chi connectivity index (χ3n) is 4.95. The molecule has 1 saturated heterocycles. The van der Waals surface area contributed by atoms with Crippen LogP contribution in [0.3, 0.4) is 0 Å². The summed E-state index contributed by atoms with van der Waals surface area (Å²) < 4.78 is 5.04. The summed E-state index contributed by atoms with van der Waals surface area (Å²) in [5.74, 6) is 0.251. The van der Waals surface area contributed by atoms with Crippen LogP contribution in [0.5, 0.6) is 0 Å². The van der Waals surface area contributed by atoms with E-state index in [1.54, 1.807) is 16.2 Å². The summed E-state index contributed by atoms with van der Waals surface area (Å²) in [5.41, 5.74) is -0.319. The van der Waals surface area contributed by atoms with Gasteiger partial charge < -0.3 is 14.5 Å². The maximum Gasteiger partial charge on any atom is 0.409 e. The summed E-state index contributed by atoms with van der Waals surface area (Å²) in [5, 5.41) is 2.06. The molecule has 6 heteroatoms. The monoisotopic (exact) mass is 336 g/mol. The van der Waals surface area contributed by atoms with Crippen LogP contribution in [0.4, 0.5) is 4.79 Å². The highest BCUT2D eigenvalue weighted by Crippen LogP contribution is 2.44. The first kappa shape index (κ1) is 16.3. The number of carbonyl (C=O) groups is 2. The normalized spacial score (nSPS) is 20.6. The number of ether oxygens (including phenoxy) is 1. The van der Waals surface area contributed by atoms with Crippen LogP contribution in [0, 0.1) is 0 Å². The van der Waals surface area contributed by atoms with Crippen molar-refractivity contribution in [3.63, 3.8) is 0 Å². The fraction of sp³-hybridized carbons (Fsp3) is 0.647. The average molecular weight is 336 g/mol. The number of piperazine rings is 1. The highest BCUT2D eigenvalue weighted by Gasteiger charge is 2.46. The second kappa shape index (κ2) is 6.91. The Balaban J connectivity index is 1.68. The molecule has 1 aromatic heterocycles. The zero-order valence-corrected chi connectivity index (χ0v) is 14.4. The molecule has 23 heavy (non-hydrogen) atoms. The van der Waals surface area contributed by atoms with E-state index in [9.17, 15) is 9.59 Å². The Labute approximate surface area is 141 Å². The van der Waals surface area contributed by atoms with Crippen LogP contribution in [0.2, 0.25) is 0 Å². The molecule has 0 bridgehead atoms. The molecule has 3 rings (SSSR count). The molecule has 1 aliphatic heterocycles. The summed E-state index contributed by atoms with van der Waals surface area (Å²) in [4.78, 5) is 29.8. The average Bonchev–Trinajstić information content (AvgIpc) is 3.26. The molecule has 0 aromatic carbocycles. The quantitative estimate of drug-likeness (QED) is 0.853. The van der Waals surface area contributed by atoms with E-state index in [-0.39, 0.29) is 17.4 Å². The maximum atomic E-state index is 13.2. The molecule has 0 spiro atoms. The Morgan fingerprint density at radius 3 is 2.39 bits per heavy atom. The highest BCUT2D eigenvalue weighted by atomic mass is 32.1. The molecule has 0 N–H and O–H groups in total. The standard InChI is InChI=1S/C17H24N2O3S/c1-2-22-16(21)19-11-9-18(10-12-19)15(20)17(7-3-4-8-17)14-6-5-13-23-14/h5-6,13H,2-4,7-12H2,1H3. The van der Waals surface area contributed by atoms with Gasteiger partial charge in [0.1, 0.15) is 0 Å². The predicted molar refractivity (Wildman–Crippen MR) is 89.6 cm³/mol. The van der Waals surface area contributed by atoms with Crippen molar-refractivity contribution >= 4 is 23.3 Å². The maximum absolute atomic E-state index is 13.2. The lowest BCUT2D eigenvalue weighted by Gasteiger charge is -2.39. The first-order chi connectivity index (χ1) is 11.2. The molecular weight excluding hydrogens is 312 g/mol. The summed E-state index contributed by atoms with van der Waals surface area (Å²) in [6.45, 7) is 4.52. The topological polar surface area (TPSA) is 49.9 Å². The molecule has 126 valence electrons. The number of nitrogens with zero attached hydrogens (tertiary/aromatic N) is 2. The minimum Gasteiger partial charge on any atom is -0.450 e. The summed E-state index contributed by atoms with van der Waals surface area (Å²) in [7, 11) is 0.